The molecule has 106 valence electrons. The van der Waals surface area contributed by atoms with Gasteiger partial charge in [0.2, 0.25) is 0 Å². The summed E-state index contributed by atoms with van der Waals surface area (Å²) in [7, 11) is 0. The number of aromatic amines is 1. The first-order chi connectivity index (χ1) is 9.86. The highest BCUT2D eigenvalue weighted by Crippen LogP contribution is 2.29. The van der Waals surface area contributed by atoms with Gasteiger partial charge in [-0.2, -0.15) is 5.10 Å². The minimum atomic E-state index is 0.379. The number of hydrogen-bond acceptors (Lipinski definition) is 4. The van der Waals surface area contributed by atoms with Crippen molar-refractivity contribution in [3.8, 4) is 5.75 Å². The zero-order valence-corrected chi connectivity index (χ0v) is 11.7. The van der Waals surface area contributed by atoms with Crippen molar-refractivity contribution in [2.24, 2.45) is 0 Å². The fraction of sp³-hybridized carbons (Fsp3) is 0.467. The van der Waals surface area contributed by atoms with Crippen molar-refractivity contribution in [3.63, 3.8) is 0 Å². The molecule has 5 heteroatoms. The number of nitrogens with one attached hydrogen (secondary N) is 2. The molecule has 2 N–H and O–H groups in total. The molecule has 3 rings (SSSR count). The van der Waals surface area contributed by atoms with Crippen LogP contribution in [0, 0.1) is 0 Å². The number of ether oxygens (including phenoxy) is 1. The molecule has 1 aliphatic rings. The molecule has 1 atom stereocenters. The van der Waals surface area contributed by atoms with Crippen LogP contribution in [0.2, 0.25) is 0 Å². The van der Waals surface area contributed by atoms with E-state index in [1.54, 1.807) is 6.33 Å². The Kier molecular flexibility index (Phi) is 3.97. The van der Waals surface area contributed by atoms with Crippen molar-refractivity contribution < 1.29 is 4.74 Å². The third kappa shape index (κ3) is 2.82. The van der Waals surface area contributed by atoms with Crippen LogP contribution < -0.4 is 10.1 Å². The quantitative estimate of drug-likeness (QED) is 0.844. The van der Waals surface area contributed by atoms with E-state index in [9.17, 15) is 0 Å². The Morgan fingerprint density at radius 2 is 2.40 bits per heavy atom. The van der Waals surface area contributed by atoms with Crippen molar-refractivity contribution in [1.82, 2.24) is 20.5 Å². The molecule has 0 amide bonds. The molecule has 0 bridgehead atoms. The van der Waals surface area contributed by atoms with E-state index in [1.807, 2.05) is 0 Å². The summed E-state index contributed by atoms with van der Waals surface area (Å²) >= 11 is 0. The topological polar surface area (TPSA) is 62.8 Å². The Labute approximate surface area is 118 Å². The highest BCUT2D eigenvalue weighted by molar-refractivity contribution is 5.40. The lowest BCUT2D eigenvalue weighted by Gasteiger charge is -2.18. The molecule has 0 radical (unpaired) electrons. The number of aromatic nitrogens is 3. The lowest BCUT2D eigenvalue weighted by atomic mass is 10.0. The van der Waals surface area contributed by atoms with Crippen molar-refractivity contribution in [3.05, 3.63) is 41.5 Å². The molecule has 5 nitrogen and oxygen atoms in total. The maximum Gasteiger partial charge on any atom is 0.137 e. The highest BCUT2D eigenvalue weighted by atomic mass is 16.5. The number of fused-ring (bicyclic) bond motifs is 1. The Morgan fingerprint density at radius 3 is 3.20 bits per heavy atom. The van der Waals surface area contributed by atoms with Crippen molar-refractivity contribution in [2.45, 2.75) is 32.2 Å². The van der Waals surface area contributed by atoms with E-state index in [-0.39, 0.29) is 0 Å². The highest BCUT2D eigenvalue weighted by Gasteiger charge is 2.15. The lowest BCUT2D eigenvalue weighted by Crippen LogP contribution is -2.23. The van der Waals surface area contributed by atoms with Gasteiger partial charge in [-0.25, -0.2) is 4.98 Å². The average molecular weight is 272 g/mol. The standard InChI is InChI=1S/C15H20N4O/c1-2-13(16-7-5-15-17-10-18-19-15)11-3-4-14-12(9-11)6-8-20-14/h3-4,9-10,13,16H,2,5-8H2,1H3,(H,17,18,19). The minimum Gasteiger partial charge on any atom is -0.493 e. The van der Waals surface area contributed by atoms with E-state index in [4.69, 9.17) is 4.74 Å². The number of hydrogen-bond donors (Lipinski definition) is 2. The lowest BCUT2D eigenvalue weighted by molar-refractivity contribution is 0.356. The van der Waals surface area contributed by atoms with Gasteiger partial charge in [0.15, 0.2) is 0 Å². The Balaban J connectivity index is 1.61. The maximum atomic E-state index is 5.56. The summed E-state index contributed by atoms with van der Waals surface area (Å²) in [6.45, 7) is 3.91. The first-order valence-corrected chi connectivity index (χ1v) is 7.20. The molecule has 0 saturated heterocycles. The second kappa shape index (κ2) is 6.05. The van der Waals surface area contributed by atoms with E-state index in [0.717, 1.165) is 44.0 Å². The molecule has 0 saturated carbocycles. The van der Waals surface area contributed by atoms with Crippen molar-refractivity contribution >= 4 is 0 Å². The third-order valence-electron chi connectivity index (χ3n) is 3.74. The SMILES string of the molecule is CCC(NCCc1ncn[nH]1)c1ccc2c(c1)CCO2. The van der Waals surface area contributed by atoms with Gasteiger partial charge in [-0.15, -0.1) is 0 Å². The molecule has 1 aliphatic heterocycles. The number of benzene rings is 1. The normalized spacial score (nSPS) is 14.8. The van der Waals surface area contributed by atoms with Gasteiger partial charge < -0.3 is 10.1 Å². The van der Waals surface area contributed by atoms with Crippen LogP contribution in [0.15, 0.2) is 24.5 Å². The smallest absolute Gasteiger partial charge is 0.137 e. The predicted octanol–water partition coefficient (Wildman–Crippen LogP) is 2.02. The second-order valence-corrected chi connectivity index (χ2v) is 5.06. The zero-order valence-electron chi connectivity index (χ0n) is 11.7. The molecule has 0 fully saturated rings. The summed E-state index contributed by atoms with van der Waals surface area (Å²) in [5.74, 6) is 1.97. The summed E-state index contributed by atoms with van der Waals surface area (Å²) < 4.78 is 5.56. The molecule has 2 aromatic rings. The molecular formula is C15H20N4O. The molecule has 2 heterocycles. The van der Waals surface area contributed by atoms with Crippen LogP contribution in [0.1, 0.15) is 36.3 Å². The largest absolute Gasteiger partial charge is 0.493 e. The first kappa shape index (κ1) is 13.1. The summed E-state index contributed by atoms with van der Waals surface area (Å²) in [6, 6.07) is 6.92. The van der Waals surface area contributed by atoms with Crippen molar-refractivity contribution in [1.29, 1.82) is 0 Å². The zero-order chi connectivity index (χ0) is 13.8. The van der Waals surface area contributed by atoms with Crippen LogP contribution in [-0.4, -0.2) is 28.3 Å². The maximum absolute atomic E-state index is 5.56. The fourth-order valence-electron chi connectivity index (χ4n) is 2.64. The third-order valence-corrected chi connectivity index (χ3v) is 3.74. The van der Waals surface area contributed by atoms with E-state index >= 15 is 0 Å². The molecule has 1 aromatic carbocycles. The Morgan fingerprint density at radius 1 is 1.45 bits per heavy atom. The predicted molar refractivity (Wildman–Crippen MR) is 76.8 cm³/mol. The Bertz CT molecular complexity index is 553. The van der Waals surface area contributed by atoms with Crippen LogP contribution in [0.3, 0.4) is 0 Å². The van der Waals surface area contributed by atoms with E-state index < -0.39 is 0 Å². The van der Waals surface area contributed by atoms with Gasteiger partial charge >= 0.3 is 0 Å². The van der Waals surface area contributed by atoms with Gasteiger partial charge in [0.1, 0.15) is 17.9 Å². The second-order valence-electron chi connectivity index (χ2n) is 5.06. The van der Waals surface area contributed by atoms with E-state index in [0.29, 0.717) is 6.04 Å². The first-order valence-electron chi connectivity index (χ1n) is 7.20. The van der Waals surface area contributed by atoms with Gasteiger partial charge in [-0.05, 0) is 23.6 Å². The van der Waals surface area contributed by atoms with E-state index in [2.05, 4.69) is 45.6 Å². The van der Waals surface area contributed by atoms with Crippen LogP contribution in [0.5, 0.6) is 5.75 Å². The number of rotatable bonds is 6. The summed E-state index contributed by atoms with van der Waals surface area (Å²) in [5.41, 5.74) is 2.67. The van der Waals surface area contributed by atoms with Crippen LogP contribution in [-0.2, 0) is 12.8 Å². The van der Waals surface area contributed by atoms with Gasteiger partial charge in [0.25, 0.3) is 0 Å². The molecule has 20 heavy (non-hydrogen) atoms. The van der Waals surface area contributed by atoms with Crippen LogP contribution >= 0.6 is 0 Å². The summed E-state index contributed by atoms with van der Waals surface area (Å²) in [6.07, 6.45) is 4.51. The van der Waals surface area contributed by atoms with Crippen molar-refractivity contribution in [2.75, 3.05) is 13.2 Å². The fourth-order valence-corrected chi connectivity index (χ4v) is 2.64. The van der Waals surface area contributed by atoms with Crippen LogP contribution in [0.4, 0.5) is 0 Å². The molecule has 0 aliphatic carbocycles. The van der Waals surface area contributed by atoms with E-state index in [1.165, 1.54) is 11.1 Å². The summed E-state index contributed by atoms with van der Waals surface area (Å²) in [5, 5.41) is 10.3. The molecule has 1 aromatic heterocycles. The monoisotopic (exact) mass is 272 g/mol. The number of nitrogens with zero attached hydrogens (tertiary/aromatic N) is 2. The van der Waals surface area contributed by atoms with Gasteiger partial charge in [-0.1, -0.05) is 19.1 Å². The molecule has 1 unspecified atom stereocenters. The average Bonchev–Trinajstić information content (AvgIpc) is 3.13. The molecule has 0 spiro atoms. The van der Waals surface area contributed by atoms with Gasteiger partial charge in [0.05, 0.1) is 6.61 Å². The molecular weight excluding hydrogens is 252 g/mol. The summed E-state index contributed by atoms with van der Waals surface area (Å²) in [4.78, 5) is 4.14. The van der Waals surface area contributed by atoms with Gasteiger partial charge in [-0.3, -0.25) is 5.10 Å². The Hall–Kier alpha value is -1.88. The van der Waals surface area contributed by atoms with Gasteiger partial charge in [0, 0.05) is 25.4 Å². The minimum absolute atomic E-state index is 0.379. The number of H-pyrrole nitrogens is 1. The van der Waals surface area contributed by atoms with Crippen LogP contribution in [0.25, 0.3) is 0 Å².